The van der Waals surface area contributed by atoms with E-state index in [1.165, 1.54) is 21.7 Å². The molecule has 1 aliphatic rings. The van der Waals surface area contributed by atoms with E-state index in [1.807, 2.05) is 0 Å². The Kier molecular flexibility index (Phi) is 7.49. The molecule has 8 aromatic carbocycles. The van der Waals surface area contributed by atoms with Gasteiger partial charge >= 0.3 is 0 Å². The number of rotatable bonds is 7. The third kappa shape index (κ3) is 5.02. The Labute approximate surface area is 325 Å². The van der Waals surface area contributed by atoms with Gasteiger partial charge in [-0.05, 0) is 96.6 Å². The second-order valence-electron chi connectivity index (χ2n) is 14.3. The lowest BCUT2D eigenvalue weighted by molar-refractivity contribution is 0.824. The van der Waals surface area contributed by atoms with Crippen LogP contribution in [-0.4, -0.2) is 9.13 Å². The van der Waals surface area contributed by atoms with Gasteiger partial charge in [0.2, 0.25) is 0 Å². The minimum atomic E-state index is -0.122. The van der Waals surface area contributed by atoms with Crippen molar-refractivity contribution in [3.8, 4) is 11.4 Å². The van der Waals surface area contributed by atoms with Crippen molar-refractivity contribution in [3.05, 3.63) is 218 Å². The second-order valence-corrected chi connectivity index (χ2v) is 14.3. The molecular weight excluding hydrogens is 683 g/mol. The number of nitrogens with zero attached hydrogens (tertiary/aromatic N) is 4. The monoisotopic (exact) mass is 719 g/mol. The van der Waals surface area contributed by atoms with Gasteiger partial charge in [-0.15, -0.1) is 0 Å². The summed E-state index contributed by atoms with van der Waals surface area (Å²) < 4.78 is 4.85. The number of hydrogen-bond acceptors (Lipinski definition) is 3. The highest BCUT2D eigenvalue weighted by Gasteiger charge is 2.38. The Morgan fingerprint density at radius 1 is 0.393 bits per heavy atom. The number of fused-ring (bicyclic) bond motifs is 7. The topological polar surface area (TPSA) is 28.4 Å². The third-order valence-electron chi connectivity index (χ3n) is 11.1. The minimum Gasteiger partial charge on any atom is -0.345 e. The lowest BCUT2D eigenvalue weighted by atomic mass is 10.0. The first-order chi connectivity index (χ1) is 27.8. The van der Waals surface area contributed by atoms with Gasteiger partial charge in [-0.2, -0.15) is 0 Å². The van der Waals surface area contributed by atoms with Gasteiger partial charge in [-0.3, -0.25) is 4.57 Å². The number of nitrogens with one attached hydrogen (secondary N) is 1. The molecule has 0 saturated carbocycles. The van der Waals surface area contributed by atoms with Crippen LogP contribution in [0.1, 0.15) is 11.7 Å². The molecule has 0 fully saturated rings. The molecule has 11 rings (SSSR count). The molecule has 1 aliphatic heterocycles. The van der Waals surface area contributed by atoms with E-state index in [9.17, 15) is 0 Å². The predicted octanol–water partition coefficient (Wildman–Crippen LogP) is 13.5. The Morgan fingerprint density at radius 3 is 1.43 bits per heavy atom. The van der Waals surface area contributed by atoms with E-state index >= 15 is 0 Å². The van der Waals surface area contributed by atoms with E-state index in [-0.39, 0.29) is 6.17 Å². The fraction of sp³-hybridized carbons (Fsp3) is 0.0196. The molecule has 0 amide bonds. The van der Waals surface area contributed by atoms with Crippen LogP contribution in [0.2, 0.25) is 0 Å². The Morgan fingerprint density at radius 2 is 0.857 bits per heavy atom. The highest BCUT2D eigenvalue weighted by atomic mass is 15.4. The third-order valence-corrected chi connectivity index (χ3v) is 11.1. The summed E-state index contributed by atoms with van der Waals surface area (Å²) in [5.74, 6) is 1.07. The molecule has 1 atom stereocenters. The minimum absolute atomic E-state index is 0.122. The van der Waals surface area contributed by atoms with Crippen LogP contribution in [-0.2, 0) is 0 Å². The molecule has 10 aromatic rings. The molecule has 266 valence electrons. The SMILES string of the molecule is c1ccc(C2Nc3c(c4c5c6cc(N(c7ccccc7)c7ccccc7)ccc6n(-c6ccccc6)c5ccc4n3-c3ccccc3)N2c2ccccc2)cc1. The van der Waals surface area contributed by atoms with Gasteiger partial charge in [0.05, 0.1) is 22.2 Å². The van der Waals surface area contributed by atoms with Crippen LogP contribution in [0.3, 0.4) is 0 Å². The molecule has 0 bridgehead atoms. The zero-order chi connectivity index (χ0) is 37.0. The lowest BCUT2D eigenvalue weighted by Crippen LogP contribution is -2.24. The summed E-state index contributed by atoms with van der Waals surface area (Å²) in [6, 6.07) is 76.0. The fourth-order valence-corrected chi connectivity index (χ4v) is 8.73. The van der Waals surface area contributed by atoms with Crippen LogP contribution in [0.5, 0.6) is 0 Å². The smallest absolute Gasteiger partial charge is 0.138 e. The Bertz CT molecular complexity index is 2940. The molecule has 0 aliphatic carbocycles. The van der Waals surface area contributed by atoms with Crippen LogP contribution in [0.15, 0.2) is 212 Å². The van der Waals surface area contributed by atoms with Gasteiger partial charge in [-0.25, -0.2) is 0 Å². The van der Waals surface area contributed by atoms with Crippen molar-refractivity contribution in [1.29, 1.82) is 0 Å². The number of para-hydroxylation sites is 5. The summed E-state index contributed by atoms with van der Waals surface area (Å²) >= 11 is 0. The van der Waals surface area contributed by atoms with Crippen LogP contribution in [0.25, 0.3) is 44.1 Å². The molecule has 1 unspecified atom stereocenters. The van der Waals surface area contributed by atoms with Crippen LogP contribution >= 0.6 is 0 Å². The van der Waals surface area contributed by atoms with Gasteiger partial charge in [0.1, 0.15) is 12.0 Å². The zero-order valence-corrected chi connectivity index (χ0v) is 30.6. The van der Waals surface area contributed by atoms with Gasteiger partial charge in [0, 0.05) is 50.3 Å². The lowest BCUT2D eigenvalue weighted by Gasteiger charge is -2.28. The molecule has 56 heavy (non-hydrogen) atoms. The maximum Gasteiger partial charge on any atom is 0.138 e. The number of anilines is 6. The molecule has 0 saturated heterocycles. The van der Waals surface area contributed by atoms with Crippen molar-refractivity contribution in [2.24, 2.45) is 0 Å². The summed E-state index contributed by atoms with van der Waals surface area (Å²) in [6.45, 7) is 0. The largest absolute Gasteiger partial charge is 0.345 e. The molecule has 1 N–H and O–H groups in total. The van der Waals surface area contributed by atoms with E-state index in [0.29, 0.717) is 0 Å². The van der Waals surface area contributed by atoms with Crippen molar-refractivity contribution in [3.63, 3.8) is 0 Å². The van der Waals surface area contributed by atoms with Crippen molar-refractivity contribution in [2.45, 2.75) is 6.17 Å². The first-order valence-electron chi connectivity index (χ1n) is 19.2. The van der Waals surface area contributed by atoms with Crippen molar-refractivity contribution in [2.75, 3.05) is 15.1 Å². The molecule has 5 nitrogen and oxygen atoms in total. The maximum absolute atomic E-state index is 4.05. The van der Waals surface area contributed by atoms with Crippen molar-refractivity contribution in [1.82, 2.24) is 9.13 Å². The zero-order valence-electron chi connectivity index (χ0n) is 30.6. The summed E-state index contributed by atoms with van der Waals surface area (Å²) in [4.78, 5) is 4.86. The first kappa shape index (κ1) is 32.0. The van der Waals surface area contributed by atoms with Crippen molar-refractivity contribution < 1.29 is 0 Å². The quantitative estimate of drug-likeness (QED) is 0.178. The first-order valence-corrected chi connectivity index (χ1v) is 19.2. The highest BCUT2D eigenvalue weighted by Crippen LogP contribution is 2.55. The van der Waals surface area contributed by atoms with Crippen molar-refractivity contribution >= 4 is 67.0 Å². The molecular formula is C51H37N5. The van der Waals surface area contributed by atoms with E-state index in [2.05, 4.69) is 237 Å². The summed E-state index contributed by atoms with van der Waals surface area (Å²) in [5, 5.41) is 7.66. The van der Waals surface area contributed by atoms with Crippen LogP contribution < -0.4 is 15.1 Å². The molecule has 3 heterocycles. The predicted molar refractivity (Wildman–Crippen MR) is 234 cm³/mol. The van der Waals surface area contributed by atoms with Gasteiger partial charge < -0.3 is 19.7 Å². The van der Waals surface area contributed by atoms with E-state index < -0.39 is 0 Å². The molecule has 2 aromatic heterocycles. The molecule has 0 radical (unpaired) electrons. The average Bonchev–Trinajstić information content (AvgIpc) is 3.92. The van der Waals surface area contributed by atoms with Gasteiger partial charge in [0.25, 0.3) is 0 Å². The highest BCUT2D eigenvalue weighted by molar-refractivity contribution is 6.27. The molecule has 5 heteroatoms. The average molecular weight is 720 g/mol. The molecule has 0 spiro atoms. The van der Waals surface area contributed by atoms with Gasteiger partial charge in [0.15, 0.2) is 0 Å². The summed E-state index contributed by atoms with van der Waals surface area (Å²) in [6.07, 6.45) is -0.122. The second kappa shape index (κ2) is 13.1. The van der Waals surface area contributed by atoms with E-state index in [0.717, 1.165) is 62.2 Å². The number of aromatic nitrogens is 2. The number of benzene rings is 8. The number of hydrogen-bond donors (Lipinski definition) is 1. The van der Waals surface area contributed by atoms with E-state index in [4.69, 9.17) is 0 Å². The fourth-order valence-electron chi connectivity index (χ4n) is 8.73. The summed E-state index contributed by atoms with van der Waals surface area (Å²) in [5.41, 5.74) is 12.5. The Hall–Kier alpha value is -7.50. The Balaban J connectivity index is 1.29. The van der Waals surface area contributed by atoms with E-state index in [1.54, 1.807) is 0 Å². The van der Waals surface area contributed by atoms with Crippen LogP contribution in [0, 0.1) is 0 Å². The maximum atomic E-state index is 4.05. The standard InChI is InChI=1S/C51H37N5/c1-7-19-36(20-8-1)50-52-51-49(56(50)41-29-17-6-18-30-41)48-46(55(51)40-27-15-5-16-28-40)34-33-45-47(48)43-35-42(31-32-44(43)54(45)39-25-13-4-14-26-39)53(37-21-9-2-10-22-37)38-23-11-3-12-24-38/h1-35,50,52H. The van der Waals surface area contributed by atoms with Gasteiger partial charge in [-0.1, -0.05) is 121 Å². The van der Waals surface area contributed by atoms with Crippen LogP contribution in [0.4, 0.5) is 34.3 Å². The normalized spacial score (nSPS) is 13.6. The summed E-state index contributed by atoms with van der Waals surface area (Å²) in [7, 11) is 0.